The van der Waals surface area contributed by atoms with E-state index in [0.717, 1.165) is 70.9 Å². The van der Waals surface area contributed by atoms with Crippen molar-refractivity contribution >= 4 is 117 Å². The Morgan fingerprint density at radius 1 is 0.533 bits per heavy atom. The molecule has 6 aromatic carbocycles. The number of phenols is 2. The number of aromatic amines is 1. The maximum absolute atomic E-state index is 15.7. The fourth-order valence-electron chi connectivity index (χ4n) is 16.3. The Bertz CT molecular complexity index is 5420. The number of rotatable bonds is 50. The van der Waals surface area contributed by atoms with Crippen LogP contribution in [0.4, 0.5) is 8.78 Å². The number of carbonyl (C=O) groups is 16. The maximum Gasteiger partial charge on any atom is 0.305 e. The van der Waals surface area contributed by atoms with Gasteiger partial charge in [0.15, 0.2) is 11.6 Å². The second-order valence-electron chi connectivity index (χ2n) is 34.5. The predicted octanol–water partition coefficient (Wildman–Crippen LogP) is 0.552. The summed E-state index contributed by atoms with van der Waals surface area (Å²) in [6, 6.07) is 20.0. The molecule has 0 radical (unpaired) electrons. The van der Waals surface area contributed by atoms with E-state index in [0.29, 0.717) is 28.7 Å². The lowest BCUT2D eigenvalue weighted by molar-refractivity contribution is -0.152. The molecule has 9 rings (SSSR count). The highest BCUT2D eigenvalue weighted by Crippen LogP contribution is 2.28. The van der Waals surface area contributed by atoms with Crippen molar-refractivity contribution in [3.63, 3.8) is 0 Å². The number of aromatic nitrogens is 1. The number of likely N-dealkylation sites (tertiary alicyclic amines) is 2. The zero-order valence-corrected chi connectivity index (χ0v) is 78.0. The number of aliphatic carboxylic acids is 1. The molecule has 2 aliphatic rings. The van der Waals surface area contributed by atoms with Crippen molar-refractivity contribution in [1.82, 2.24) is 77.3 Å². The Morgan fingerprint density at radius 2 is 1.07 bits per heavy atom. The van der Waals surface area contributed by atoms with Gasteiger partial charge in [-0.25, -0.2) is 8.78 Å². The van der Waals surface area contributed by atoms with Crippen molar-refractivity contribution in [3.05, 3.63) is 203 Å². The largest absolute Gasteiger partial charge is 0.508 e. The summed E-state index contributed by atoms with van der Waals surface area (Å²) in [5, 5.41) is 76.8. The number of aliphatic hydroxyl groups excluding tert-OH is 2. The molecular formula is C96H121F2N17O21S. The smallest absolute Gasteiger partial charge is 0.305 e. The average Bonchev–Trinajstić information content (AvgIpc) is 1.64. The number of amides is 15. The number of nitrogens with one attached hydrogen (secondary N) is 10. The molecule has 2 fully saturated rings. The third-order valence-corrected chi connectivity index (χ3v) is 24.9. The molecule has 41 heteroatoms. The summed E-state index contributed by atoms with van der Waals surface area (Å²) in [5.74, 6) is -20.2. The quantitative estimate of drug-likeness (QED) is 0.0248. The molecule has 0 spiro atoms. The average molecular weight is 1920 g/mol. The Balaban J connectivity index is 0.918. The summed E-state index contributed by atoms with van der Waals surface area (Å²) in [4.78, 5) is 238. The van der Waals surface area contributed by atoms with Gasteiger partial charge in [-0.1, -0.05) is 143 Å². The number of benzene rings is 6. The van der Waals surface area contributed by atoms with Crippen LogP contribution in [0.25, 0.3) is 10.9 Å². The number of carboxylic acid groups (broad SMARTS) is 1. The number of phenolic OH excluding ortho intramolecular Hbond substituents is 2. The van der Waals surface area contributed by atoms with E-state index in [1.165, 1.54) is 83.5 Å². The molecule has 7 aromatic rings. The number of H-pyrrole nitrogens is 1. The molecule has 736 valence electrons. The molecule has 3 heterocycles. The number of aliphatic hydroxyl groups is 2. The number of nitrogens with zero attached hydrogens (tertiary/aromatic N) is 5. The van der Waals surface area contributed by atoms with Crippen LogP contribution < -0.4 is 59.3 Å². The van der Waals surface area contributed by atoms with E-state index in [9.17, 15) is 87.5 Å². The fourth-order valence-corrected chi connectivity index (χ4v) is 17.1. The number of thioether (sulfide) groups is 1. The van der Waals surface area contributed by atoms with Crippen molar-refractivity contribution in [2.24, 2.45) is 17.4 Å². The third-order valence-electron chi connectivity index (χ3n) is 23.9. The van der Waals surface area contributed by atoms with Gasteiger partial charge in [-0.05, 0) is 121 Å². The molecule has 1 aromatic heterocycles. The molecule has 2 saturated heterocycles. The van der Waals surface area contributed by atoms with E-state index in [1.54, 1.807) is 80.8 Å². The first-order valence-corrected chi connectivity index (χ1v) is 46.2. The van der Waals surface area contributed by atoms with Gasteiger partial charge in [0.25, 0.3) is 5.91 Å². The van der Waals surface area contributed by atoms with Gasteiger partial charge in [0.2, 0.25) is 82.7 Å². The molecule has 0 aliphatic carbocycles. The summed E-state index contributed by atoms with van der Waals surface area (Å²) < 4.78 is 29.8. The predicted molar refractivity (Wildman–Crippen MR) is 500 cm³/mol. The summed E-state index contributed by atoms with van der Waals surface area (Å²) >= 11 is 0.726. The van der Waals surface area contributed by atoms with E-state index in [2.05, 4.69) is 52.8 Å². The minimum atomic E-state index is -2.01. The van der Waals surface area contributed by atoms with Crippen LogP contribution in [0.15, 0.2) is 158 Å². The van der Waals surface area contributed by atoms with E-state index >= 15 is 23.6 Å². The fraction of sp³-hybridized carbons (Fsp3) is 0.438. The van der Waals surface area contributed by atoms with Crippen LogP contribution in [0.1, 0.15) is 106 Å². The monoisotopic (exact) mass is 1920 g/mol. The number of fused-ring (bicyclic) bond motifs is 1. The lowest BCUT2D eigenvalue weighted by Gasteiger charge is -2.38. The number of carboxylic acids is 1. The molecule has 15 amide bonds. The van der Waals surface area contributed by atoms with E-state index in [1.807, 2.05) is 24.3 Å². The van der Waals surface area contributed by atoms with Crippen LogP contribution in [-0.4, -0.2) is 300 Å². The molecule has 38 nitrogen and oxygen atoms in total. The van der Waals surface area contributed by atoms with Gasteiger partial charge in [0.1, 0.15) is 78.0 Å². The summed E-state index contributed by atoms with van der Waals surface area (Å²) in [6.45, 7) is 3.24. The number of para-hydroxylation sites is 1. The molecule has 14 atom stereocenters. The summed E-state index contributed by atoms with van der Waals surface area (Å²) in [7, 11) is 5.32. The van der Waals surface area contributed by atoms with Crippen molar-refractivity contribution in [2.45, 2.75) is 195 Å². The molecule has 0 saturated carbocycles. The van der Waals surface area contributed by atoms with Gasteiger partial charge >= 0.3 is 5.97 Å². The van der Waals surface area contributed by atoms with Gasteiger partial charge in [-0.15, -0.1) is 11.8 Å². The normalized spacial score (nSPS) is 16.5. The van der Waals surface area contributed by atoms with Crippen molar-refractivity contribution in [2.75, 3.05) is 65.9 Å². The van der Waals surface area contributed by atoms with Gasteiger partial charge < -0.3 is 109 Å². The first-order chi connectivity index (χ1) is 65.3. The molecule has 0 unspecified atom stereocenters. The van der Waals surface area contributed by atoms with Crippen molar-refractivity contribution < 1.29 is 111 Å². The minimum Gasteiger partial charge on any atom is -0.508 e. The highest BCUT2D eigenvalue weighted by atomic mass is 32.2. The van der Waals surface area contributed by atoms with Crippen molar-refractivity contribution in [3.8, 4) is 11.5 Å². The van der Waals surface area contributed by atoms with Gasteiger partial charge in [-0.3, -0.25) is 81.6 Å². The lowest BCUT2D eigenvalue weighted by atomic mass is 9.98. The molecule has 0 bridgehead atoms. The Hall–Kier alpha value is -13.8. The Kier molecular flexibility index (Phi) is 40.0. The van der Waals surface area contributed by atoms with E-state index in [4.69, 9.17) is 11.5 Å². The zero-order chi connectivity index (χ0) is 100. The number of imide groups is 1. The third kappa shape index (κ3) is 30.6. The van der Waals surface area contributed by atoms with E-state index < -0.39 is 241 Å². The Labute approximate surface area is 794 Å². The van der Waals surface area contributed by atoms with Gasteiger partial charge in [-0.2, -0.15) is 0 Å². The highest BCUT2D eigenvalue weighted by molar-refractivity contribution is 8.00. The number of primary amides is 1. The molecule has 19 N–H and O–H groups in total. The summed E-state index contributed by atoms with van der Waals surface area (Å²) in [6.07, 6.45) is -3.45. The number of hydrogen-bond donors (Lipinski definition) is 17. The zero-order valence-electron chi connectivity index (χ0n) is 77.1. The molecular weight excluding hydrogens is 1800 g/mol. The van der Waals surface area contributed by atoms with E-state index in [-0.39, 0.29) is 94.4 Å². The van der Waals surface area contributed by atoms with Crippen LogP contribution in [0, 0.1) is 17.6 Å². The first kappa shape index (κ1) is 107. The Morgan fingerprint density at radius 3 is 1.66 bits per heavy atom. The van der Waals surface area contributed by atoms with Gasteiger partial charge in [0.05, 0.1) is 49.9 Å². The number of carbonyl (C=O) groups excluding carboxylic acids is 15. The number of nitrogens with two attached hydrogens (primary N) is 2. The first-order valence-electron chi connectivity index (χ1n) is 45.0. The number of likely N-dealkylation sites (N-methyl/N-ethyl adjacent to an activating group) is 4. The SMILES string of the molecule is CCCC[C@@H](C(=O)N1C[C@@H](O)C[C@@H]1C(=O)N[C@@H](CC(=O)O)C(=O)N[C@H](C(=O)N(C)[C@@H](Cc1ccccc1)C(=O)N[C@@H](Cc1ccc(O)cc1)C(=O)N1C[C@@H](O)CC1=O)C(C)C)N(C)C(=O)[C@H](Cc1ccccc1)N(C)C(=O)[C@H](Cc1ccc(F)c(F)c1)NC(=O)CSC[C@H](NC(=O)[C@H](CCCN)NC(=O)[C@H](Cc1ccc(O)cc1)NC(=O)[C@H](Cc1c[nH]c2ccccc12)NC)C(=O)NCC(N)=O. The summed E-state index contributed by atoms with van der Waals surface area (Å²) in [5.41, 5.74) is 14.9. The number of aromatic hydroxyl groups is 2. The van der Waals surface area contributed by atoms with Gasteiger partial charge in [0, 0.05) is 89.1 Å². The minimum absolute atomic E-state index is 0.0188. The second-order valence-corrected chi connectivity index (χ2v) is 35.5. The van der Waals surface area contributed by atoms with Crippen LogP contribution in [0.2, 0.25) is 0 Å². The number of β-amino-alcohol motifs (C(OH)–C–C–N with tert-alkyl or cyclic N) is 2. The highest BCUT2D eigenvalue weighted by Gasteiger charge is 2.47. The second kappa shape index (κ2) is 51.2. The van der Waals surface area contributed by atoms with Crippen LogP contribution in [0.3, 0.4) is 0 Å². The standard InChI is InChI=1S/C96H121F2N17O21S/c1-8-9-26-76(95(135)114-50-63(118)45-78(114)91(131)107-72(47-83(123)124)89(129)110-84(54(2)3)96(136)112(6)77(42-55-19-12-10-13-20-55)90(130)108-74(40-58-29-34-62(117)35-30-58)93(133)115-51-64(119)46-82(115)122)111(5)94(134)79(43-56-21-14-11-15-22-56)113(7)92(132)73(41-59-31-36-66(97)67(98)38-59)104-81(121)53-137-52-75(85(125)103-49-80(100)120)109-86(126)69(25-18-37-99)105-88(128)71(39-57-27-32-61(116)33-28-57)106-87(127)70(101-4)44-60-48-102-68-24-17-16-23-65(60)68/h10-17,19-24,27-36,38,48,54,63-64,69-79,84,101-102,116-119H,8-9,18,25-26,37,39-47,49-53,99H2,1-7H3,(H2,100,120)(H,103,125)(H,104,121)(H,105,128)(H,106,127)(H,107,131)(H,108,130)(H,109,126)(H,110,129)(H,123,124)/t63-,64-,69-,70-,71-,72-,73-,74-,75-,76-,77-,78+,79-,84-/m0/s1. The number of halogens is 2. The van der Waals surface area contributed by atoms with Crippen LogP contribution >= 0.6 is 11.8 Å². The maximum atomic E-state index is 15.7. The van der Waals surface area contributed by atoms with Crippen molar-refractivity contribution in [1.29, 1.82) is 0 Å². The number of hydrogen-bond acceptors (Lipinski definition) is 23. The topological polar surface area (TPSA) is 567 Å². The lowest BCUT2D eigenvalue weighted by Crippen LogP contribution is -2.61. The van der Waals surface area contributed by atoms with Crippen LogP contribution in [0.5, 0.6) is 11.5 Å². The molecule has 137 heavy (non-hydrogen) atoms. The molecule has 2 aliphatic heterocycles. The van der Waals surface area contributed by atoms with Crippen LogP contribution in [-0.2, 0) is 115 Å². The number of unbranched alkanes of at least 4 members (excludes halogenated alkanes) is 1.